The zero-order valence-electron chi connectivity index (χ0n) is 19.0. The van der Waals surface area contributed by atoms with E-state index in [1.54, 1.807) is 34.6 Å². The van der Waals surface area contributed by atoms with Crippen LogP contribution in [0, 0.1) is 0 Å². The van der Waals surface area contributed by atoms with E-state index >= 15 is 0 Å². The third-order valence-electron chi connectivity index (χ3n) is 6.22. The fourth-order valence-electron chi connectivity index (χ4n) is 4.62. The van der Waals surface area contributed by atoms with Crippen molar-refractivity contribution in [2.45, 2.75) is 6.04 Å². The van der Waals surface area contributed by atoms with E-state index in [1.165, 1.54) is 11.6 Å². The molecule has 170 valence electrons. The Kier molecular flexibility index (Phi) is 4.70. The number of ether oxygens (including phenoxy) is 3. The summed E-state index contributed by atoms with van der Waals surface area (Å²) in [4.78, 5) is 25.8. The third-order valence-corrected chi connectivity index (χ3v) is 6.22. The van der Waals surface area contributed by atoms with Crippen molar-refractivity contribution in [2.75, 3.05) is 26.6 Å². The molecule has 3 heterocycles. The molecule has 0 amide bonds. The van der Waals surface area contributed by atoms with Gasteiger partial charge >= 0.3 is 5.69 Å². The Morgan fingerprint density at radius 1 is 0.909 bits per heavy atom. The van der Waals surface area contributed by atoms with Gasteiger partial charge in [0.05, 0.1) is 55.3 Å². The lowest BCUT2D eigenvalue weighted by Gasteiger charge is -2.30. The molecule has 1 aliphatic rings. The van der Waals surface area contributed by atoms with Gasteiger partial charge in [-0.05, 0) is 29.8 Å². The lowest BCUT2D eigenvalue weighted by Crippen LogP contribution is -2.37. The van der Waals surface area contributed by atoms with Gasteiger partial charge in [0.2, 0.25) is 5.75 Å². The Bertz CT molecular complexity index is 1500. The predicted octanol–water partition coefficient (Wildman–Crippen LogP) is 2.57. The number of methoxy groups -OCH3 is 3. The molecule has 4 aromatic rings. The molecule has 0 spiro atoms. The Hall–Kier alpha value is -4.14. The largest absolute Gasteiger partial charge is 0.493 e. The van der Waals surface area contributed by atoms with E-state index in [0.717, 1.165) is 27.2 Å². The number of benzene rings is 2. The zero-order valence-corrected chi connectivity index (χ0v) is 19.0. The van der Waals surface area contributed by atoms with Crippen LogP contribution in [0.2, 0.25) is 0 Å². The first-order valence-electron chi connectivity index (χ1n) is 10.4. The number of aromatic nitrogens is 3. The summed E-state index contributed by atoms with van der Waals surface area (Å²) in [6, 6.07) is 11.2. The summed E-state index contributed by atoms with van der Waals surface area (Å²) in [5.74, 6) is 1.51. The highest BCUT2D eigenvalue weighted by Crippen LogP contribution is 2.45. The fraction of sp³-hybridized carbons (Fsp3) is 0.250. The van der Waals surface area contributed by atoms with E-state index in [0.29, 0.717) is 28.2 Å². The summed E-state index contributed by atoms with van der Waals surface area (Å²) < 4.78 is 21.2. The first-order valence-corrected chi connectivity index (χ1v) is 10.4. The molecule has 1 aliphatic heterocycles. The van der Waals surface area contributed by atoms with Crippen molar-refractivity contribution in [1.29, 1.82) is 0 Å². The van der Waals surface area contributed by atoms with E-state index < -0.39 is 6.04 Å². The van der Waals surface area contributed by atoms with Crippen LogP contribution in [0.3, 0.4) is 0 Å². The van der Waals surface area contributed by atoms with Crippen molar-refractivity contribution in [3.8, 4) is 22.9 Å². The molecule has 5 rings (SSSR count). The van der Waals surface area contributed by atoms with Crippen molar-refractivity contribution in [3.05, 3.63) is 74.7 Å². The molecule has 2 aromatic heterocycles. The van der Waals surface area contributed by atoms with Gasteiger partial charge in [-0.15, -0.1) is 0 Å². The topological polar surface area (TPSA) is 88.7 Å². The number of nitrogens with one attached hydrogen (secondary N) is 1. The standard InChI is InChI=1S/C24H24N4O5/c1-26-20-14(23(29)27(2)24(26)30)12-28-16-9-7-6-8-15(16)25-19(21(20)28)13-10-17(31-3)22(33-5)18(11-13)32-4/h6-12,19,25H,1-5H3/t19-/m0/s1. The van der Waals surface area contributed by atoms with Gasteiger partial charge in [-0.25, -0.2) is 4.79 Å². The zero-order chi connectivity index (χ0) is 23.4. The SMILES string of the molecule is COc1cc([C@@H]2Nc3ccccc3-n3cc4c(=O)n(C)c(=O)n(C)c4c32)cc(OC)c1OC. The van der Waals surface area contributed by atoms with Gasteiger partial charge in [0.15, 0.2) is 11.5 Å². The first-order chi connectivity index (χ1) is 15.9. The van der Waals surface area contributed by atoms with Crippen molar-refractivity contribution in [3.63, 3.8) is 0 Å². The molecule has 0 radical (unpaired) electrons. The quantitative estimate of drug-likeness (QED) is 0.516. The molecule has 9 nitrogen and oxygen atoms in total. The Labute approximate surface area is 189 Å². The highest BCUT2D eigenvalue weighted by Gasteiger charge is 2.32. The molecular formula is C24H24N4O5. The monoisotopic (exact) mass is 448 g/mol. The molecule has 0 fully saturated rings. The van der Waals surface area contributed by atoms with Crippen LogP contribution < -0.4 is 30.8 Å². The minimum atomic E-state index is -0.399. The molecule has 0 bridgehead atoms. The van der Waals surface area contributed by atoms with Crippen LogP contribution in [0.1, 0.15) is 17.3 Å². The Morgan fingerprint density at radius 3 is 2.21 bits per heavy atom. The van der Waals surface area contributed by atoms with Crippen LogP contribution in [0.15, 0.2) is 52.2 Å². The van der Waals surface area contributed by atoms with Crippen LogP contribution >= 0.6 is 0 Å². The molecule has 0 unspecified atom stereocenters. The smallest absolute Gasteiger partial charge is 0.331 e. The first kappa shape index (κ1) is 20.7. The highest BCUT2D eigenvalue weighted by atomic mass is 16.5. The van der Waals surface area contributed by atoms with Crippen LogP contribution in [0.25, 0.3) is 16.6 Å². The summed E-state index contributed by atoms with van der Waals surface area (Å²) in [6.07, 6.45) is 1.80. The van der Waals surface area contributed by atoms with Gasteiger partial charge in [0, 0.05) is 20.3 Å². The van der Waals surface area contributed by atoms with Crippen LogP contribution in [-0.2, 0) is 14.1 Å². The average Bonchev–Trinajstić information content (AvgIpc) is 3.25. The Morgan fingerprint density at radius 2 is 1.58 bits per heavy atom. The summed E-state index contributed by atoms with van der Waals surface area (Å²) in [6.45, 7) is 0. The maximum atomic E-state index is 13.0. The molecule has 1 atom stereocenters. The average molecular weight is 448 g/mol. The molecule has 0 saturated heterocycles. The minimum Gasteiger partial charge on any atom is -0.493 e. The van der Waals surface area contributed by atoms with Crippen molar-refractivity contribution >= 4 is 16.6 Å². The van der Waals surface area contributed by atoms with E-state index in [2.05, 4.69) is 5.32 Å². The minimum absolute atomic E-state index is 0.337. The number of aryl methyl sites for hydroxylation is 1. The second-order valence-electron chi connectivity index (χ2n) is 7.91. The second kappa shape index (κ2) is 7.47. The maximum Gasteiger partial charge on any atom is 0.331 e. The number of anilines is 1. The van der Waals surface area contributed by atoms with Crippen molar-refractivity contribution in [2.24, 2.45) is 14.1 Å². The van der Waals surface area contributed by atoms with Gasteiger partial charge in [0.25, 0.3) is 5.56 Å². The number of hydrogen-bond acceptors (Lipinski definition) is 6. The molecule has 2 aromatic carbocycles. The van der Waals surface area contributed by atoms with Gasteiger partial charge in [-0.1, -0.05) is 12.1 Å². The lowest BCUT2D eigenvalue weighted by molar-refractivity contribution is 0.323. The Balaban J connectivity index is 1.89. The van der Waals surface area contributed by atoms with Gasteiger partial charge < -0.3 is 24.1 Å². The summed E-state index contributed by atoms with van der Waals surface area (Å²) in [7, 11) is 7.85. The van der Waals surface area contributed by atoms with Crippen molar-refractivity contribution < 1.29 is 14.2 Å². The van der Waals surface area contributed by atoms with E-state index in [1.807, 2.05) is 41.0 Å². The summed E-state index contributed by atoms with van der Waals surface area (Å²) in [5, 5.41) is 4.04. The van der Waals surface area contributed by atoms with Gasteiger partial charge in [-0.3, -0.25) is 13.9 Å². The highest BCUT2D eigenvalue weighted by molar-refractivity contribution is 5.86. The maximum absolute atomic E-state index is 13.0. The number of para-hydroxylation sites is 2. The number of fused-ring (bicyclic) bond motifs is 5. The van der Waals surface area contributed by atoms with Crippen molar-refractivity contribution in [1.82, 2.24) is 13.7 Å². The molecule has 9 heteroatoms. The van der Waals surface area contributed by atoms with Crippen LogP contribution in [-0.4, -0.2) is 35.0 Å². The number of rotatable bonds is 4. The summed E-state index contributed by atoms with van der Waals surface area (Å²) >= 11 is 0. The molecule has 0 aliphatic carbocycles. The van der Waals surface area contributed by atoms with Gasteiger partial charge in [-0.2, -0.15) is 0 Å². The van der Waals surface area contributed by atoms with E-state index in [9.17, 15) is 9.59 Å². The normalized spacial score (nSPS) is 14.4. The van der Waals surface area contributed by atoms with E-state index in [-0.39, 0.29) is 11.2 Å². The number of hydrogen-bond donors (Lipinski definition) is 1. The molecule has 0 saturated carbocycles. The number of nitrogens with zero attached hydrogens (tertiary/aromatic N) is 3. The van der Waals surface area contributed by atoms with E-state index in [4.69, 9.17) is 14.2 Å². The van der Waals surface area contributed by atoms with Crippen LogP contribution in [0.5, 0.6) is 17.2 Å². The van der Waals surface area contributed by atoms with Gasteiger partial charge in [0.1, 0.15) is 0 Å². The molecular weight excluding hydrogens is 424 g/mol. The van der Waals surface area contributed by atoms with Crippen LogP contribution in [0.4, 0.5) is 5.69 Å². The summed E-state index contributed by atoms with van der Waals surface area (Å²) in [5.41, 5.74) is 3.24. The second-order valence-corrected chi connectivity index (χ2v) is 7.91. The lowest BCUT2D eigenvalue weighted by atomic mass is 9.98. The predicted molar refractivity (Wildman–Crippen MR) is 125 cm³/mol. The fourth-order valence-corrected chi connectivity index (χ4v) is 4.62. The molecule has 1 N–H and O–H groups in total. The molecule has 33 heavy (non-hydrogen) atoms. The third kappa shape index (κ3) is 2.85.